The number of esters is 2. The average Bonchev–Trinajstić information content (AvgIpc) is 2.77. The van der Waals surface area contributed by atoms with E-state index in [9.17, 15) is 32.1 Å². The van der Waals surface area contributed by atoms with E-state index in [0.717, 1.165) is 26.0 Å². The molecule has 0 radical (unpaired) electrons. The standard InChI is InChI=1S/C18H24F3N4O10P/c1-5-7-30-36(29,31-8-6-2)35-16-13(24-17(28)18(19,20)21)15(33-11(4)27)14(32-10(3)26)12(34-16)9-23-25-22/h5-6,12-16H,1-2,7-9H2,3-4H3,(H,24,28)/t12-,13-,14-,15-,16-/m1/s1. The van der Waals surface area contributed by atoms with Crippen molar-refractivity contribution in [2.75, 3.05) is 19.8 Å². The van der Waals surface area contributed by atoms with Crippen LogP contribution in [0.5, 0.6) is 0 Å². The molecular formula is C18H24F3N4O10P. The Kier molecular flexibility index (Phi) is 12.1. The van der Waals surface area contributed by atoms with Crippen LogP contribution in [-0.4, -0.2) is 74.4 Å². The maximum absolute atomic E-state index is 13.1. The van der Waals surface area contributed by atoms with Crippen LogP contribution >= 0.6 is 7.82 Å². The van der Waals surface area contributed by atoms with Gasteiger partial charge in [0.25, 0.3) is 0 Å². The Bertz CT molecular complexity index is 911. The second kappa shape index (κ2) is 14.0. The molecule has 1 aliphatic heterocycles. The summed E-state index contributed by atoms with van der Waals surface area (Å²) in [5.41, 5.74) is 8.68. The molecule has 1 rings (SSSR count). The number of carbonyl (C=O) groups excluding carboxylic acids is 3. The van der Waals surface area contributed by atoms with Gasteiger partial charge in [-0.25, -0.2) is 4.57 Å². The van der Waals surface area contributed by atoms with Crippen LogP contribution in [0.2, 0.25) is 0 Å². The van der Waals surface area contributed by atoms with Gasteiger partial charge in [-0.15, -0.1) is 13.2 Å². The second-order valence-electron chi connectivity index (χ2n) is 6.82. The van der Waals surface area contributed by atoms with Crippen LogP contribution in [-0.2, 0) is 46.7 Å². The molecule has 0 bridgehead atoms. The highest BCUT2D eigenvalue weighted by Crippen LogP contribution is 2.52. The zero-order valence-electron chi connectivity index (χ0n) is 19.1. The van der Waals surface area contributed by atoms with Crippen molar-refractivity contribution >= 4 is 25.7 Å². The molecule has 0 saturated carbocycles. The highest BCUT2D eigenvalue weighted by molar-refractivity contribution is 7.48. The molecule has 0 aromatic rings. The van der Waals surface area contributed by atoms with Gasteiger partial charge in [-0.05, 0) is 5.53 Å². The summed E-state index contributed by atoms with van der Waals surface area (Å²) in [6.45, 7) is 7.09. The molecule has 5 atom stereocenters. The zero-order valence-corrected chi connectivity index (χ0v) is 20.0. The number of halogens is 3. The molecule has 1 heterocycles. The number of hydrogen-bond acceptors (Lipinski definition) is 11. The summed E-state index contributed by atoms with van der Waals surface area (Å²) in [6.07, 6.45) is -10.4. The predicted molar refractivity (Wildman–Crippen MR) is 113 cm³/mol. The summed E-state index contributed by atoms with van der Waals surface area (Å²) in [4.78, 5) is 37.8. The number of phosphoric ester groups is 1. The summed E-state index contributed by atoms with van der Waals surface area (Å²) in [5, 5.41) is 4.79. The molecule has 0 aliphatic carbocycles. The minimum atomic E-state index is -5.42. The fourth-order valence-corrected chi connectivity index (χ4v) is 4.03. The third kappa shape index (κ3) is 9.60. The third-order valence-electron chi connectivity index (χ3n) is 4.06. The molecule has 1 amide bonds. The molecule has 1 fully saturated rings. The summed E-state index contributed by atoms with van der Waals surface area (Å²) in [7, 11) is -4.65. The van der Waals surface area contributed by atoms with Gasteiger partial charge in [0.1, 0.15) is 12.1 Å². The van der Waals surface area contributed by atoms with Gasteiger partial charge in [-0.2, -0.15) is 13.2 Å². The summed E-state index contributed by atoms with van der Waals surface area (Å²) in [6, 6.07) is -2.08. The van der Waals surface area contributed by atoms with Crippen LogP contribution in [0.25, 0.3) is 10.4 Å². The topological polar surface area (TPSA) is 184 Å². The number of rotatable bonds is 13. The van der Waals surface area contributed by atoms with E-state index in [1.807, 2.05) is 0 Å². The van der Waals surface area contributed by atoms with E-state index < -0.39 is 82.2 Å². The Morgan fingerprint density at radius 3 is 2.08 bits per heavy atom. The molecular weight excluding hydrogens is 520 g/mol. The number of nitrogens with zero attached hydrogens (tertiary/aromatic N) is 3. The number of azide groups is 1. The van der Waals surface area contributed by atoms with Crippen LogP contribution in [0.3, 0.4) is 0 Å². The van der Waals surface area contributed by atoms with Gasteiger partial charge < -0.3 is 19.5 Å². The monoisotopic (exact) mass is 544 g/mol. The largest absolute Gasteiger partial charge is 0.477 e. The van der Waals surface area contributed by atoms with Gasteiger partial charge in [0, 0.05) is 18.8 Å². The van der Waals surface area contributed by atoms with Gasteiger partial charge in [-0.3, -0.25) is 28.0 Å². The van der Waals surface area contributed by atoms with E-state index in [1.54, 1.807) is 0 Å². The van der Waals surface area contributed by atoms with Gasteiger partial charge in [0.05, 0.1) is 19.8 Å². The second-order valence-corrected chi connectivity index (χ2v) is 8.44. The van der Waals surface area contributed by atoms with E-state index in [2.05, 4.69) is 23.2 Å². The van der Waals surface area contributed by atoms with Crippen LogP contribution in [0.1, 0.15) is 13.8 Å². The molecule has 0 aromatic heterocycles. The number of alkyl halides is 3. The Labute approximate surface area is 202 Å². The Balaban J connectivity index is 3.60. The maximum atomic E-state index is 13.1. The lowest BCUT2D eigenvalue weighted by Gasteiger charge is -2.45. The highest BCUT2D eigenvalue weighted by Gasteiger charge is 2.55. The van der Waals surface area contributed by atoms with Crippen molar-refractivity contribution in [1.82, 2.24) is 5.32 Å². The number of nitrogens with one attached hydrogen (secondary N) is 1. The summed E-state index contributed by atoms with van der Waals surface area (Å²) in [5.74, 6) is -4.58. The minimum Gasteiger partial charge on any atom is -0.456 e. The molecule has 202 valence electrons. The molecule has 0 aromatic carbocycles. The molecule has 14 nitrogen and oxygen atoms in total. The molecule has 1 saturated heterocycles. The zero-order chi connectivity index (χ0) is 27.5. The third-order valence-corrected chi connectivity index (χ3v) is 5.46. The van der Waals surface area contributed by atoms with Crippen molar-refractivity contribution in [3.05, 3.63) is 35.8 Å². The van der Waals surface area contributed by atoms with Crippen molar-refractivity contribution < 1.29 is 59.9 Å². The van der Waals surface area contributed by atoms with Crippen molar-refractivity contribution in [3.8, 4) is 0 Å². The van der Waals surface area contributed by atoms with Gasteiger partial charge in [-0.1, -0.05) is 17.3 Å². The first-order valence-electron chi connectivity index (χ1n) is 9.95. The summed E-state index contributed by atoms with van der Waals surface area (Å²) >= 11 is 0. The first-order valence-corrected chi connectivity index (χ1v) is 11.4. The molecule has 36 heavy (non-hydrogen) atoms. The fraction of sp³-hybridized carbons (Fsp3) is 0.611. The smallest absolute Gasteiger partial charge is 0.456 e. The maximum Gasteiger partial charge on any atom is 0.477 e. The minimum absolute atomic E-state index is 0.410. The molecule has 0 unspecified atom stereocenters. The molecule has 18 heteroatoms. The van der Waals surface area contributed by atoms with E-state index in [4.69, 9.17) is 33.3 Å². The number of amides is 1. The first kappa shape index (κ1) is 31.1. The SMILES string of the molecule is C=CCOP(=O)(OCC=C)O[C@H]1O[C@H](CN=[N+]=[N-])[C@@H](OC(C)=O)[C@H](OC(C)=O)[C@H]1NC(=O)C(F)(F)F. The van der Waals surface area contributed by atoms with Crippen LogP contribution < -0.4 is 5.32 Å². The van der Waals surface area contributed by atoms with Gasteiger partial charge >= 0.3 is 31.8 Å². The Hall–Kier alpha value is -2.94. The van der Waals surface area contributed by atoms with Crippen molar-refractivity contribution in [2.45, 2.75) is 50.7 Å². The van der Waals surface area contributed by atoms with E-state index in [-0.39, 0.29) is 0 Å². The number of hydrogen-bond donors (Lipinski definition) is 1. The van der Waals surface area contributed by atoms with Gasteiger partial charge in [0.15, 0.2) is 18.5 Å². The molecule has 1 aliphatic rings. The lowest BCUT2D eigenvalue weighted by molar-refractivity contribution is -0.253. The van der Waals surface area contributed by atoms with Crippen LogP contribution in [0.4, 0.5) is 13.2 Å². The van der Waals surface area contributed by atoms with E-state index >= 15 is 0 Å². The van der Waals surface area contributed by atoms with Crippen molar-refractivity contribution in [1.29, 1.82) is 0 Å². The lowest BCUT2D eigenvalue weighted by atomic mass is 9.96. The Morgan fingerprint density at radius 2 is 1.64 bits per heavy atom. The average molecular weight is 544 g/mol. The number of phosphoric acid groups is 1. The van der Waals surface area contributed by atoms with Crippen molar-refractivity contribution in [3.63, 3.8) is 0 Å². The number of ether oxygens (including phenoxy) is 3. The predicted octanol–water partition coefficient (Wildman–Crippen LogP) is 2.46. The van der Waals surface area contributed by atoms with E-state index in [0.29, 0.717) is 0 Å². The van der Waals surface area contributed by atoms with E-state index in [1.165, 1.54) is 5.32 Å². The number of carbonyl (C=O) groups is 3. The van der Waals surface area contributed by atoms with Crippen LogP contribution in [0, 0.1) is 0 Å². The first-order chi connectivity index (χ1) is 16.8. The molecule has 0 spiro atoms. The van der Waals surface area contributed by atoms with Crippen molar-refractivity contribution in [2.24, 2.45) is 5.11 Å². The fourth-order valence-electron chi connectivity index (χ4n) is 2.82. The normalized spacial score (nSPS) is 24.1. The highest BCUT2D eigenvalue weighted by atomic mass is 31.2. The van der Waals surface area contributed by atoms with Gasteiger partial charge in [0.2, 0.25) is 0 Å². The Morgan fingerprint density at radius 1 is 1.11 bits per heavy atom. The quantitative estimate of drug-likeness (QED) is 0.0902. The summed E-state index contributed by atoms with van der Waals surface area (Å²) < 4.78 is 83.1. The van der Waals surface area contributed by atoms with Crippen LogP contribution in [0.15, 0.2) is 30.4 Å². The molecule has 1 N–H and O–H groups in total. The lowest BCUT2D eigenvalue weighted by Crippen LogP contribution is -2.67.